The highest BCUT2D eigenvalue weighted by Crippen LogP contribution is 2.29. The molecule has 2 amide bonds. The van der Waals surface area contributed by atoms with Crippen molar-refractivity contribution in [3.05, 3.63) is 23.2 Å². The van der Waals surface area contributed by atoms with E-state index in [1.807, 2.05) is 19.9 Å². The first-order valence-electron chi connectivity index (χ1n) is 5.18. The number of nitrogens with one attached hydrogen (secondary N) is 2. The topological polar surface area (TPSA) is 54.0 Å². The van der Waals surface area contributed by atoms with Crippen LogP contribution in [0.25, 0.3) is 10.1 Å². The second-order valence-electron chi connectivity index (χ2n) is 3.92. The number of hydrogen-bond acceptors (Lipinski definition) is 3. The van der Waals surface area contributed by atoms with Crippen molar-refractivity contribution in [1.29, 1.82) is 0 Å². The molecule has 1 aromatic carbocycles. The molecule has 2 rings (SSSR count). The van der Waals surface area contributed by atoms with Crippen LogP contribution in [-0.4, -0.2) is 16.4 Å². The number of aromatic nitrogens is 1. The van der Waals surface area contributed by atoms with Crippen LogP contribution in [0.4, 0.5) is 10.6 Å². The van der Waals surface area contributed by atoms with Crippen LogP contribution in [0.5, 0.6) is 0 Å². The number of hydrogen-bond donors (Lipinski definition) is 2. The third-order valence-electron chi connectivity index (χ3n) is 2.08. The van der Waals surface area contributed by atoms with Crippen LogP contribution in [0, 0.1) is 0 Å². The molecule has 90 valence electrons. The zero-order valence-corrected chi connectivity index (χ0v) is 11.0. The predicted molar refractivity (Wildman–Crippen MR) is 71.9 cm³/mol. The maximum atomic E-state index is 11.6. The molecular formula is C11H12ClN3OS. The summed E-state index contributed by atoms with van der Waals surface area (Å²) in [5.41, 5.74) is 0. The zero-order valence-electron chi connectivity index (χ0n) is 9.45. The van der Waals surface area contributed by atoms with E-state index in [1.165, 1.54) is 11.5 Å². The van der Waals surface area contributed by atoms with Gasteiger partial charge in [-0.3, -0.25) is 5.32 Å². The summed E-state index contributed by atoms with van der Waals surface area (Å²) in [6.07, 6.45) is 0. The van der Waals surface area contributed by atoms with Crippen LogP contribution >= 0.6 is 23.1 Å². The van der Waals surface area contributed by atoms with Crippen molar-refractivity contribution in [2.24, 2.45) is 0 Å². The Kier molecular flexibility index (Phi) is 3.49. The number of urea groups is 1. The van der Waals surface area contributed by atoms with Crippen molar-refractivity contribution in [2.45, 2.75) is 19.9 Å². The smallest absolute Gasteiger partial charge is 0.320 e. The molecule has 17 heavy (non-hydrogen) atoms. The van der Waals surface area contributed by atoms with E-state index in [2.05, 4.69) is 15.0 Å². The lowest BCUT2D eigenvalue weighted by molar-refractivity contribution is 0.250. The van der Waals surface area contributed by atoms with Crippen LogP contribution in [0.3, 0.4) is 0 Å². The quantitative estimate of drug-likeness (QED) is 0.877. The Morgan fingerprint density at radius 3 is 2.94 bits per heavy atom. The molecule has 0 radical (unpaired) electrons. The summed E-state index contributed by atoms with van der Waals surface area (Å²) in [5.74, 6) is 0.547. The van der Waals surface area contributed by atoms with Gasteiger partial charge >= 0.3 is 6.03 Å². The Hall–Kier alpha value is -1.33. The van der Waals surface area contributed by atoms with Crippen molar-refractivity contribution in [3.8, 4) is 0 Å². The first kappa shape index (κ1) is 12.1. The Labute approximate surface area is 108 Å². The molecule has 2 N–H and O–H groups in total. The number of nitrogens with zero attached hydrogens (tertiary/aromatic N) is 1. The molecule has 0 atom stereocenters. The van der Waals surface area contributed by atoms with Gasteiger partial charge in [0.05, 0.1) is 4.70 Å². The van der Waals surface area contributed by atoms with Crippen molar-refractivity contribution in [1.82, 2.24) is 9.69 Å². The van der Waals surface area contributed by atoms with E-state index < -0.39 is 0 Å². The number of rotatable bonds is 2. The van der Waals surface area contributed by atoms with Crippen LogP contribution in [0.2, 0.25) is 5.02 Å². The second kappa shape index (κ2) is 4.89. The lowest BCUT2D eigenvalue weighted by Crippen LogP contribution is -2.34. The van der Waals surface area contributed by atoms with Crippen molar-refractivity contribution >= 4 is 45.1 Å². The van der Waals surface area contributed by atoms with Gasteiger partial charge in [0.2, 0.25) is 0 Å². The Morgan fingerprint density at radius 1 is 1.47 bits per heavy atom. The van der Waals surface area contributed by atoms with Gasteiger partial charge in [0.1, 0.15) is 0 Å². The SMILES string of the molecule is CC(C)NC(=O)Nc1nsc2ccc(Cl)cc12. The summed E-state index contributed by atoms with van der Waals surface area (Å²) in [4.78, 5) is 11.6. The van der Waals surface area contributed by atoms with Gasteiger partial charge in [0.25, 0.3) is 0 Å². The van der Waals surface area contributed by atoms with Crippen molar-refractivity contribution in [2.75, 3.05) is 5.32 Å². The number of anilines is 1. The monoisotopic (exact) mass is 269 g/mol. The molecule has 0 aliphatic heterocycles. The molecular weight excluding hydrogens is 258 g/mol. The molecule has 0 fully saturated rings. The molecule has 0 saturated heterocycles. The fraction of sp³-hybridized carbons (Fsp3) is 0.273. The summed E-state index contributed by atoms with van der Waals surface area (Å²) in [6, 6.07) is 5.32. The standard InChI is InChI=1S/C11H12ClN3OS/c1-6(2)13-11(16)14-10-8-5-7(12)3-4-9(8)17-15-10/h3-6H,1-2H3,(H2,13,14,15,16). The fourth-order valence-electron chi connectivity index (χ4n) is 1.41. The van der Waals surface area contributed by atoms with Crippen LogP contribution in [0.1, 0.15) is 13.8 Å². The van der Waals surface area contributed by atoms with Gasteiger partial charge in [0.15, 0.2) is 5.82 Å². The molecule has 0 aliphatic carbocycles. The summed E-state index contributed by atoms with van der Waals surface area (Å²) in [6.45, 7) is 3.80. The maximum absolute atomic E-state index is 11.6. The molecule has 0 spiro atoms. The highest BCUT2D eigenvalue weighted by atomic mass is 35.5. The van der Waals surface area contributed by atoms with E-state index >= 15 is 0 Å². The van der Waals surface area contributed by atoms with E-state index in [1.54, 1.807) is 12.1 Å². The number of halogens is 1. The van der Waals surface area contributed by atoms with Crippen LogP contribution in [-0.2, 0) is 0 Å². The largest absolute Gasteiger partial charge is 0.336 e. The fourth-order valence-corrected chi connectivity index (χ4v) is 2.30. The van der Waals surface area contributed by atoms with Crippen molar-refractivity contribution in [3.63, 3.8) is 0 Å². The van der Waals surface area contributed by atoms with E-state index in [0.717, 1.165) is 10.1 Å². The molecule has 2 aromatic rings. The number of fused-ring (bicyclic) bond motifs is 1. The average Bonchev–Trinajstić information content (AvgIpc) is 2.60. The normalized spacial score (nSPS) is 10.8. The van der Waals surface area contributed by atoms with Gasteiger partial charge in [-0.25, -0.2) is 4.79 Å². The van der Waals surface area contributed by atoms with Crippen molar-refractivity contribution < 1.29 is 4.79 Å². The lowest BCUT2D eigenvalue weighted by atomic mass is 10.2. The summed E-state index contributed by atoms with van der Waals surface area (Å²) >= 11 is 7.25. The highest BCUT2D eigenvalue weighted by Gasteiger charge is 2.10. The minimum absolute atomic E-state index is 0.0866. The lowest BCUT2D eigenvalue weighted by Gasteiger charge is -2.08. The van der Waals surface area contributed by atoms with E-state index in [0.29, 0.717) is 10.8 Å². The van der Waals surface area contributed by atoms with Crippen LogP contribution in [0.15, 0.2) is 18.2 Å². The molecule has 0 aliphatic rings. The minimum Gasteiger partial charge on any atom is -0.336 e. The second-order valence-corrected chi connectivity index (χ2v) is 5.17. The predicted octanol–water partition coefficient (Wildman–Crippen LogP) is 3.48. The number of amides is 2. The highest BCUT2D eigenvalue weighted by molar-refractivity contribution is 7.13. The third-order valence-corrected chi connectivity index (χ3v) is 3.15. The number of benzene rings is 1. The molecule has 4 nitrogen and oxygen atoms in total. The Bertz CT molecular complexity index is 553. The summed E-state index contributed by atoms with van der Waals surface area (Å²) in [7, 11) is 0. The van der Waals surface area contributed by atoms with Crippen LogP contribution < -0.4 is 10.6 Å². The van der Waals surface area contributed by atoms with E-state index in [-0.39, 0.29) is 12.1 Å². The van der Waals surface area contributed by atoms with Gasteiger partial charge < -0.3 is 5.32 Å². The summed E-state index contributed by atoms with van der Waals surface area (Å²) in [5, 5.41) is 6.95. The van der Waals surface area contributed by atoms with E-state index in [9.17, 15) is 4.79 Å². The van der Waals surface area contributed by atoms with Gasteiger partial charge in [-0.15, -0.1) is 0 Å². The number of carbonyl (C=O) groups is 1. The molecule has 6 heteroatoms. The van der Waals surface area contributed by atoms with Gasteiger partial charge in [0, 0.05) is 16.5 Å². The van der Waals surface area contributed by atoms with Gasteiger partial charge in [-0.2, -0.15) is 4.37 Å². The van der Waals surface area contributed by atoms with Gasteiger partial charge in [-0.1, -0.05) is 11.6 Å². The van der Waals surface area contributed by atoms with Gasteiger partial charge in [-0.05, 0) is 43.6 Å². The molecule has 0 saturated carbocycles. The first-order chi connectivity index (χ1) is 8.06. The molecule has 1 heterocycles. The summed E-state index contributed by atoms with van der Waals surface area (Å²) < 4.78 is 5.19. The molecule has 0 unspecified atom stereocenters. The Morgan fingerprint density at radius 2 is 2.24 bits per heavy atom. The number of carbonyl (C=O) groups excluding carboxylic acids is 1. The van der Waals surface area contributed by atoms with E-state index in [4.69, 9.17) is 11.6 Å². The maximum Gasteiger partial charge on any atom is 0.320 e. The minimum atomic E-state index is -0.257. The molecule has 1 aromatic heterocycles. The zero-order chi connectivity index (χ0) is 12.4. The first-order valence-corrected chi connectivity index (χ1v) is 6.34. The molecule has 0 bridgehead atoms. The Balaban J connectivity index is 2.24. The average molecular weight is 270 g/mol. The third kappa shape index (κ3) is 2.87.